The van der Waals surface area contributed by atoms with Crippen molar-refractivity contribution < 1.29 is 19.5 Å². The largest absolute Gasteiger partial charge is 0.480 e. The van der Waals surface area contributed by atoms with Crippen molar-refractivity contribution in [3.63, 3.8) is 0 Å². The molecule has 2 N–H and O–H groups in total. The van der Waals surface area contributed by atoms with Crippen LogP contribution in [0.25, 0.3) is 0 Å². The molecule has 6 heteroatoms. The number of nitrogens with one attached hydrogen (secondary N) is 1. The zero-order chi connectivity index (χ0) is 13.5. The van der Waals surface area contributed by atoms with Crippen molar-refractivity contribution in [2.75, 3.05) is 12.3 Å². The summed E-state index contributed by atoms with van der Waals surface area (Å²) in [6, 6.07) is 8.35. The molecule has 1 atom stereocenters. The van der Waals surface area contributed by atoms with E-state index in [-0.39, 0.29) is 11.5 Å². The van der Waals surface area contributed by atoms with Gasteiger partial charge >= 0.3 is 5.97 Å². The molecular weight excluding hydrogens is 254 g/mol. The number of carboxylic acid groups (broad SMARTS) is 1. The third-order valence-electron chi connectivity index (χ3n) is 2.29. The molecule has 1 unspecified atom stereocenters. The summed E-state index contributed by atoms with van der Waals surface area (Å²) in [7, 11) is 0. The zero-order valence-corrected chi connectivity index (χ0v) is 10.4. The maximum absolute atomic E-state index is 12.0. The molecule has 1 aromatic rings. The number of hydrogen-bond donors (Lipinski definition) is 3. The molecule has 0 aromatic heterocycles. The van der Waals surface area contributed by atoms with Gasteiger partial charge in [-0.2, -0.15) is 12.6 Å². The number of rotatable bonds is 6. The lowest BCUT2D eigenvalue weighted by Crippen LogP contribution is -2.39. The van der Waals surface area contributed by atoms with Crippen molar-refractivity contribution >= 4 is 30.3 Å². The highest BCUT2D eigenvalue weighted by Crippen LogP contribution is 2.10. The molecular formula is C12H13NO4S. The van der Waals surface area contributed by atoms with Gasteiger partial charge in [0.25, 0.3) is 0 Å². The Morgan fingerprint density at radius 3 is 2.33 bits per heavy atom. The van der Waals surface area contributed by atoms with Gasteiger partial charge in [0.2, 0.25) is 5.91 Å². The maximum Gasteiger partial charge on any atom is 0.322 e. The van der Waals surface area contributed by atoms with Crippen LogP contribution in [0.2, 0.25) is 0 Å². The second kappa shape index (κ2) is 6.80. The van der Waals surface area contributed by atoms with E-state index in [0.717, 1.165) is 0 Å². The normalized spacial score (nSPS) is 11.6. The topological polar surface area (TPSA) is 83.5 Å². The lowest BCUT2D eigenvalue weighted by atomic mass is 9.98. The van der Waals surface area contributed by atoms with E-state index in [0.29, 0.717) is 5.56 Å². The lowest BCUT2D eigenvalue weighted by molar-refractivity contribution is -0.138. The van der Waals surface area contributed by atoms with Gasteiger partial charge in [0, 0.05) is 11.3 Å². The fourth-order valence-electron chi connectivity index (χ4n) is 1.37. The Morgan fingerprint density at radius 1 is 1.22 bits per heavy atom. The lowest BCUT2D eigenvalue weighted by Gasteiger charge is -2.12. The fourth-order valence-corrected chi connectivity index (χ4v) is 1.71. The minimum atomic E-state index is -1.16. The van der Waals surface area contributed by atoms with Crippen LogP contribution in [0.3, 0.4) is 0 Å². The Kier molecular flexibility index (Phi) is 5.38. The van der Waals surface area contributed by atoms with E-state index in [4.69, 9.17) is 5.11 Å². The maximum atomic E-state index is 12.0. The number of benzene rings is 1. The van der Waals surface area contributed by atoms with Crippen molar-refractivity contribution in [2.24, 2.45) is 5.92 Å². The molecule has 0 spiro atoms. The van der Waals surface area contributed by atoms with E-state index in [1.165, 1.54) is 0 Å². The number of amides is 1. The Hall–Kier alpha value is -1.82. The van der Waals surface area contributed by atoms with Gasteiger partial charge in [-0.1, -0.05) is 30.3 Å². The third kappa shape index (κ3) is 3.89. The van der Waals surface area contributed by atoms with Crippen LogP contribution < -0.4 is 5.32 Å². The quantitative estimate of drug-likeness (QED) is 0.401. The predicted octanol–water partition coefficient (Wildman–Crippen LogP) is 0.616. The highest BCUT2D eigenvalue weighted by molar-refractivity contribution is 7.80. The second-order valence-electron chi connectivity index (χ2n) is 3.58. The van der Waals surface area contributed by atoms with Crippen LogP contribution in [0.1, 0.15) is 10.4 Å². The van der Waals surface area contributed by atoms with E-state index in [1.54, 1.807) is 30.3 Å². The molecule has 5 nitrogen and oxygen atoms in total. The van der Waals surface area contributed by atoms with Crippen LogP contribution in [0.4, 0.5) is 0 Å². The highest BCUT2D eigenvalue weighted by Gasteiger charge is 2.26. The number of ketones is 1. The average molecular weight is 267 g/mol. The van der Waals surface area contributed by atoms with Gasteiger partial charge in [-0.25, -0.2) is 0 Å². The number of aliphatic carboxylic acids is 1. The molecule has 96 valence electrons. The fraction of sp³-hybridized carbons (Fsp3) is 0.250. The summed E-state index contributed by atoms with van der Waals surface area (Å²) in [5.41, 5.74) is 0.405. The van der Waals surface area contributed by atoms with Gasteiger partial charge in [-0.15, -0.1) is 0 Å². The average Bonchev–Trinajstić information content (AvgIpc) is 2.38. The van der Waals surface area contributed by atoms with Crippen LogP contribution in [-0.4, -0.2) is 35.1 Å². The Morgan fingerprint density at radius 2 is 1.83 bits per heavy atom. The molecule has 0 heterocycles. The summed E-state index contributed by atoms with van der Waals surface area (Å²) < 4.78 is 0. The van der Waals surface area contributed by atoms with E-state index in [2.05, 4.69) is 17.9 Å². The molecule has 0 aliphatic rings. The van der Waals surface area contributed by atoms with Crippen LogP contribution >= 0.6 is 12.6 Å². The van der Waals surface area contributed by atoms with Crippen molar-refractivity contribution in [2.45, 2.75) is 0 Å². The van der Waals surface area contributed by atoms with Gasteiger partial charge in [0.05, 0.1) is 0 Å². The first kappa shape index (κ1) is 14.2. The smallest absolute Gasteiger partial charge is 0.322 e. The number of carbonyl (C=O) groups excluding carboxylic acids is 2. The minimum absolute atomic E-state index is 0.0270. The summed E-state index contributed by atoms with van der Waals surface area (Å²) in [6.45, 7) is -0.509. The number of thiol groups is 1. The minimum Gasteiger partial charge on any atom is -0.480 e. The summed E-state index contributed by atoms with van der Waals surface area (Å²) in [5.74, 6) is -3.10. The van der Waals surface area contributed by atoms with Crippen LogP contribution in [0.5, 0.6) is 0 Å². The summed E-state index contributed by atoms with van der Waals surface area (Å²) in [5, 5.41) is 10.6. The molecule has 1 aromatic carbocycles. The van der Waals surface area contributed by atoms with Crippen molar-refractivity contribution in [1.29, 1.82) is 0 Å². The van der Waals surface area contributed by atoms with Crippen LogP contribution in [0.15, 0.2) is 30.3 Å². The van der Waals surface area contributed by atoms with Crippen molar-refractivity contribution in [1.82, 2.24) is 5.32 Å². The molecule has 1 rings (SSSR count). The van der Waals surface area contributed by atoms with Gasteiger partial charge in [0.1, 0.15) is 12.5 Å². The summed E-state index contributed by atoms with van der Waals surface area (Å²) in [6.07, 6.45) is 0. The van der Waals surface area contributed by atoms with Gasteiger partial charge in [-0.3, -0.25) is 14.4 Å². The molecule has 0 radical (unpaired) electrons. The number of Topliss-reactive ketones (excluding diaryl/α,β-unsaturated/α-hetero) is 1. The number of carbonyl (C=O) groups is 3. The van der Waals surface area contributed by atoms with E-state index < -0.39 is 24.3 Å². The van der Waals surface area contributed by atoms with E-state index >= 15 is 0 Å². The standard InChI is InChI=1S/C12H13NO4S/c14-10(15)6-13-12(17)9(7-18)11(16)8-4-2-1-3-5-8/h1-5,9,18H,6-7H2,(H,13,17)(H,14,15). The van der Waals surface area contributed by atoms with Crippen molar-refractivity contribution in [3.05, 3.63) is 35.9 Å². The number of carboxylic acids is 1. The Bertz CT molecular complexity index is 447. The second-order valence-corrected chi connectivity index (χ2v) is 3.94. The zero-order valence-electron chi connectivity index (χ0n) is 9.50. The molecule has 18 heavy (non-hydrogen) atoms. The first-order valence-corrected chi connectivity index (χ1v) is 5.89. The molecule has 0 bridgehead atoms. The first-order valence-electron chi connectivity index (χ1n) is 5.26. The first-order chi connectivity index (χ1) is 8.56. The molecule has 0 fully saturated rings. The summed E-state index contributed by atoms with van der Waals surface area (Å²) in [4.78, 5) is 34.0. The molecule has 1 amide bonds. The van der Waals surface area contributed by atoms with Crippen molar-refractivity contribution in [3.8, 4) is 0 Å². The highest BCUT2D eigenvalue weighted by atomic mass is 32.1. The van der Waals surface area contributed by atoms with Gasteiger partial charge in [0.15, 0.2) is 5.78 Å². The molecule has 0 aliphatic carbocycles. The SMILES string of the molecule is O=C(O)CNC(=O)C(CS)C(=O)c1ccccc1. The Balaban J connectivity index is 2.74. The van der Waals surface area contributed by atoms with Gasteiger partial charge in [-0.05, 0) is 0 Å². The van der Waals surface area contributed by atoms with Crippen LogP contribution in [-0.2, 0) is 9.59 Å². The third-order valence-corrected chi connectivity index (χ3v) is 2.65. The van der Waals surface area contributed by atoms with E-state index in [9.17, 15) is 14.4 Å². The summed E-state index contributed by atoms with van der Waals surface area (Å²) >= 11 is 3.96. The van der Waals surface area contributed by atoms with E-state index in [1.807, 2.05) is 0 Å². The number of hydrogen-bond acceptors (Lipinski definition) is 4. The monoisotopic (exact) mass is 267 g/mol. The molecule has 0 aliphatic heterocycles. The molecule has 0 saturated heterocycles. The molecule has 0 saturated carbocycles. The predicted molar refractivity (Wildman–Crippen MR) is 68.8 cm³/mol. The Labute approximate surface area is 110 Å². The van der Waals surface area contributed by atoms with Crippen LogP contribution in [0, 0.1) is 5.92 Å². The van der Waals surface area contributed by atoms with Gasteiger partial charge < -0.3 is 10.4 Å².